The van der Waals surface area contributed by atoms with Crippen LogP contribution in [0.5, 0.6) is 0 Å². The Bertz CT molecular complexity index is 770. The van der Waals surface area contributed by atoms with Crippen LogP contribution in [0.2, 0.25) is 0 Å². The minimum Gasteiger partial charge on any atom is -0.464 e. The average molecular weight is 264 g/mol. The van der Waals surface area contributed by atoms with E-state index in [9.17, 15) is 0 Å². The number of hydrogen-bond donors (Lipinski definition) is 0. The van der Waals surface area contributed by atoms with E-state index in [0.29, 0.717) is 5.95 Å². The van der Waals surface area contributed by atoms with Gasteiger partial charge in [0.2, 0.25) is 5.95 Å². The van der Waals surface area contributed by atoms with Crippen LogP contribution < -0.4 is 4.90 Å². The summed E-state index contributed by atoms with van der Waals surface area (Å²) in [5.41, 5.74) is 2.70. The summed E-state index contributed by atoms with van der Waals surface area (Å²) in [4.78, 5) is 10.3. The summed E-state index contributed by atoms with van der Waals surface area (Å²) in [6.45, 7) is 0.258. The number of para-hydroxylation sites is 1. The molecule has 20 heavy (non-hydrogen) atoms. The van der Waals surface area contributed by atoms with E-state index < -0.39 is 0 Å². The summed E-state index contributed by atoms with van der Waals surface area (Å²) in [7, 11) is 1.78. The number of rotatable bonds is 3. The highest BCUT2D eigenvalue weighted by molar-refractivity contribution is 5.93. The summed E-state index contributed by atoms with van der Waals surface area (Å²) in [6.07, 6.45) is 5.20. The van der Waals surface area contributed by atoms with Gasteiger partial charge in [-0.05, 0) is 6.07 Å². The second-order valence-corrected chi connectivity index (χ2v) is 4.43. The molecule has 5 nitrogen and oxygen atoms in total. The zero-order valence-corrected chi connectivity index (χ0v) is 10.9. The van der Waals surface area contributed by atoms with Gasteiger partial charge in [-0.2, -0.15) is 5.26 Å². The van der Waals surface area contributed by atoms with Crippen molar-refractivity contribution in [1.29, 1.82) is 5.26 Å². The number of anilines is 1. The van der Waals surface area contributed by atoms with Gasteiger partial charge in [0, 0.05) is 36.0 Å². The Balaban J connectivity index is 1.97. The van der Waals surface area contributed by atoms with Gasteiger partial charge < -0.3 is 9.32 Å². The van der Waals surface area contributed by atoms with Crippen LogP contribution in [0.1, 0.15) is 0 Å². The summed E-state index contributed by atoms with van der Waals surface area (Å²) in [5.74, 6) is 0.531. The van der Waals surface area contributed by atoms with Crippen molar-refractivity contribution >= 4 is 16.9 Å². The molecule has 0 bridgehead atoms. The van der Waals surface area contributed by atoms with Crippen molar-refractivity contribution < 1.29 is 4.42 Å². The quantitative estimate of drug-likeness (QED) is 0.680. The van der Waals surface area contributed by atoms with Gasteiger partial charge in [0.25, 0.3) is 0 Å². The van der Waals surface area contributed by atoms with Crippen LogP contribution in [-0.2, 0) is 0 Å². The molecule has 3 aromatic rings. The van der Waals surface area contributed by atoms with E-state index in [-0.39, 0.29) is 6.54 Å². The fourth-order valence-corrected chi connectivity index (χ4v) is 2.04. The van der Waals surface area contributed by atoms with Gasteiger partial charge in [-0.25, -0.2) is 9.97 Å². The highest BCUT2D eigenvalue weighted by Crippen LogP contribution is 2.29. The molecule has 0 saturated heterocycles. The summed E-state index contributed by atoms with van der Waals surface area (Å²) in [6, 6.07) is 9.90. The predicted octanol–water partition coefficient (Wildman–Crippen LogP) is 2.85. The topological polar surface area (TPSA) is 66.0 Å². The van der Waals surface area contributed by atoms with Crippen molar-refractivity contribution in [2.75, 3.05) is 18.5 Å². The fourth-order valence-electron chi connectivity index (χ4n) is 2.04. The van der Waals surface area contributed by atoms with Crippen LogP contribution in [0.15, 0.2) is 47.3 Å². The van der Waals surface area contributed by atoms with Crippen LogP contribution in [0.3, 0.4) is 0 Å². The fraction of sp³-hybridized carbons (Fsp3) is 0.133. The van der Waals surface area contributed by atoms with Crippen LogP contribution in [-0.4, -0.2) is 23.6 Å². The zero-order valence-electron chi connectivity index (χ0n) is 10.9. The molecular formula is C15H12N4O. The first-order chi connectivity index (χ1) is 9.79. The SMILES string of the molecule is CN(CC#N)c1ncc(-c2coc3ccccc23)cn1. The predicted molar refractivity (Wildman–Crippen MR) is 76.1 cm³/mol. The zero-order chi connectivity index (χ0) is 13.9. The Morgan fingerprint density at radius 1 is 1.25 bits per heavy atom. The number of nitrogens with zero attached hydrogens (tertiary/aromatic N) is 4. The highest BCUT2D eigenvalue weighted by atomic mass is 16.3. The first-order valence-corrected chi connectivity index (χ1v) is 6.16. The summed E-state index contributed by atoms with van der Waals surface area (Å²) < 4.78 is 5.51. The van der Waals surface area contributed by atoms with Gasteiger partial charge in [0.15, 0.2) is 0 Å². The number of nitriles is 1. The molecule has 2 heterocycles. The first kappa shape index (κ1) is 12.2. The molecule has 3 rings (SSSR count). The van der Waals surface area contributed by atoms with Gasteiger partial charge in [-0.3, -0.25) is 0 Å². The second kappa shape index (κ2) is 5.02. The van der Waals surface area contributed by atoms with E-state index in [1.165, 1.54) is 0 Å². The third kappa shape index (κ3) is 2.08. The first-order valence-electron chi connectivity index (χ1n) is 6.16. The maximum absolute atomic E-state index is 8.66. The van der Waals surface area contributed by atoms with Gasteiger partial charge in [-0.1, -0.05) is 18.2 Å². The molecule has 0 aliphatic carbocycles. The minimum absolute atomic E-state index is 0.258. The Morgan fingerprint density at radius 2 is 2.00 bits per heavy atom. The van der Waals surface area contributed by atoms with Crippen molar-refractivity contribution in [3.8, 4) is 17.2 Å². The number of hydrogen-bond acceptors (Lipinski definition) is 5. The third-order valence-electron chi connectivity index (χ3n) is 3.08. The molecule has 98 valence electrons. The Morgan fingerprint density at radius 3 is 2.75 bits per heavy atom. The number of benzene rings is 1. The molecule has 0 saturated carbocycles. The van der Waals surface area contributed by atoms with Crippen molar-refractivity contribution in [2.24, 2.45) is 0 Å². The van der Waals surface area contributed by atoms with Gasteiger partial charge in [0.05, 0.1) is 12.3 Å². The molecule has 0 aliphatic heterocycles. The lowest BCUT2D eigenvalue weighted by molar-refractivity contribution is 0.617. The Labute approximate surface area is 116 Å². The third-order valence-corrected chi connectivity index (χ3v) is 3.08. The van der Waals surface area contributed by atoms with E-state index in [4.69, 9.17) is 9.68 Å². The highest BCUT2D eigenvalue weighted by Gasteiger charge is 2.09. The lowest BCUT2D eigenvalue weighted by Gasteiger charge is -2.12. The Hall–Kier alpha value is -2.87. The maximum Gasteiger partial charge on any atom is 0.225 e. The largest absolute Gasteiger partial charge is 0.464 e. The normalized spacial score (nSPS) is 10.4. The van der Waals surface area contributed by atoms with E-state index in [1.807, 2.05) is 24.3 Å². The van der Waals surface area contributed by atoms with Crippen molar-refractivity contribution in [3.05, 3.63) is 42.9 Å². The number of fused-ring (bicyclic) bond motifs is 1. The van der Waals surface area contributed by atoms with Gasteiger partial charge >= 0.3 is 0 Å². The molecule has 0 aliphatic rings. The molecule has 0 spiro atoms. The van der Waals surface area contributed by atoms with Gasteiger partial charge in [-0.15, -0.1) is 0 Å². The molecule has 2 aromatic heterocycles. The molecule has 0 fully saturated rings. The van der Waals surface area contributed by atoms with E-state index >= 15 is 0 Å². The van der Waals surface area contributed by atoms with Crippen LogP contribution in [0, 0.1) is 11.3 Å². The number of furan rings is 1. The van der Waals surface area contributed by atoms with E-state index in [0.717, 1.165) is 22.1 Å². The van der Waals surface area contributed by atoms with Crippen molar-refractivity contribution in [3.63, 3.8) is 0 Å². The van der Waals surface area contributed by atoms with Crippen LogP contribution >= 0.6 is 0 Å². The number of aromatic nitrogens is 2. The van der Waals surface area contributed by atoms with Crippen molar-refractivity contribution in [1.82, 2.24) is 9.97 Å². The summed E-state index contributed by atoms with van der Waals surface area (Å²) in [5, 5.41) is 9.70. The minimum atomic E-state index is 0.258. The monoisotopic (exact) mass is 264 g/mol. The maximum atomic E-state index is 8.66. The molecule has 0 atom stereocenters. The van der Waals surface area contributed by atoms with Crippen LogP contribution in [0.25, 0.3) is 22.1 Å². The lowest BCUT2D eigenvalue weighted by Crippen LogP contribution is -2.19. The second-order valence-electron chi connectivity index (χ2n) is 4.43. The molecule has 0 radical (unpaired) electrons. The molecule has 5 heteroatoms. The molecule has 1 aromatic carbocycles. The molecular weight excluding hydrogens is 252 g/mol. The van der Waals surface area contributed by atoms with E-state index in [1.54, 1.807) is 30.6 Å². The van der Waals surface area contributed by atoms with E-state index in [2.05, 4.69) is 16.0 Å². The average Bonchev–Trinajstić information content (AvgIpc) is 2.92. The Kier molecular flexibility index (Phi) is 3.05. The summed E-state index contributed by atoms with van der Waals surface area (Å²) >= 11 is 0. The molecule has 0 amide bonds. The lowest BCUT2D eigenvalue weighted by atomic mass is 10.1. The smallest absolute Gasteiger partial charge is 0.225 e. The van der Waals surface area contributed by atoms with Crippen molar-refractivity contribution in [2.45, 2.75) is 0 Å². The van der Waals surface area contributed by atoms with Gasteiger partial charge in [0.1, 0.15) is 12.1 Å². The standard InChI is InChI=1S/C15H12N4O/c1-19(7-6-16)15-17-8-11(9-18-15)13-10-20-14-5-3-2-4-12(13)14/h2-5,8-10H,7H2,1H3. The molecule has 0 unspecified atom stereocenters. The van der Waals surface area contributed by atoms with Crippen LogP contribution in [0.4, 0.5) is 5.95 Å². The molecule has 0 N–H and O–H groups in total.